The first-order valence-electron chi connectivity index (χ1n) is 8.49. The predicted molar refractivity (Wildman–Crippen MR) is 93.0 cm³/mol. The number of pyridine rings is 1. The smallest absolute Gasteiger partial charge is 0.395 e. The summed E-state index contributed by atoms with van der Waals surface area (Å²) in [6.07, 6.45) is -1.23. The molecule has 1 aliphatic carbocycles. The van der Waals surface area contributed by atoms with Crippen LogP contribution in [-0.2, 0) is 0 Å². The fraction of sp³-hybridized carbons (Fsp3) is 0.200. The Morgan fingerprint density at radius 1 is 1.04 bits per heavy atom. The van der Waals surface area contributed by atoms with Crippen molar-refractivity contribution in [2.45, 2.75) is 24.6 Å². The zero-order valence-electron chi connectivity index (χ0n) is 14.0. The van der Waals surface area contributed by atoms with E-state index in [1.165, 1.54) is 12.3 Å². The number of nitrogens with zero attached hydrogens (tertiary/aromatic N) is 1. The Kier molecular flexibility index (Phi) is 3.19. The van der Waals surface area contributed by atoms with Crippen LogP contribution in [0.2, 0.25) is 0 Å². The average Bonchev–Trinajstić information content (AvgIpc) is 3.36. The number of hydrogen-bond acceptors (Lipinski definition) is 4. The van der Waals surface area contributed by atoms with E-state index >= 15 is 0 Å². The van der Waals surface area contributed by atoms with Crippen molar-refractivity contribution >= 4 is 16.8 Å². The molecule has 7 heteroatoms. The van der Waals surface area contributed by atoms with Gasteiger partial charge in [-0.15, -0.1) is 8.78 Å². The number of primary amides is 1. The molecule has 2 unspecified atom stereocenters. The molecule has 136 valence electrons. The molecule has 5 nitrogen and oxygen atoms in total. The molecule has 1 saturated carbocycles. The highest BCUT2D eigenvalue weighted by Gasteiger charge is 2.45. The summed E-state index contributed by atoms with van der Waals surface area (Å²) in [5.74, 6) is 0.0929. The van der Waals surface area contributed by atoms with Gasteiger partial charge in [-0.2, -0.15) is 0 Å². The van der Waals surface area contributed by atoms with Gasteiger partial charge < -0.3 is 15.2 Å². The molecule has 2 N–H and O–H groups in total. The lowest BCUT2D eigenvalue weighted by Gasteiger charge is -2.05. The van der Waals surface area contributed by atoms with E-state index in [0.717, 1.165) is 28.5 Å². The Morgan fingerprint density at radius 3 is 2.52 bits per heavy atom. The Balaban J connectivity index is 1.42. The molecule has 27 heavy (non-hydrogen) atoms. The SMILES string of the molecule is NC(=O)c1cnc2ccc(C3CC3c3ccc4c(c3)OC(F)(F)O4)cc2c1. The molecule has 0 radical (unpaired) electrons. The molecule has 0 saturated heterocycles. The Labute approximate surface area is 152 Å². The molecule has 5 rings (SSSR count). The summed E-state index contributed by atoms with van der Waals surface area (Å²) in [4.78, 5) is 15.6. The molecule has 3 aromatic rings. The molecule has 0 bridgehead atoms. The minimum Gasteiger partial charge on any atom is -0.395 e. The van der Waals surface area contributed by atoms with Gasteiger partial charge in [0.1, 0.15) is 0 Å². The number of fused-ring (bicyclic) bond motifs is 2. The zero-order chi connectivity index (χ0) is 18.8. The molecular weight excluding hydrogens is 354 g/mol. The van der Waals surface area contributed by atoms with Crippen LogP contribution in [0.25, 0.3) is 10.9 Å². The van der Waals surface area contributed by atoms with Gasteiger partial charge in [-0.05, 0) is 59.7 Å². The van der Waals surface area contributed by atoms with Crippen molar-refractivity contribution in [1.29, 1.82) is 0 Å². The molecule has 0 spiro atoms. The number of nitrogens with two attached hydrogens (primary N) is 1. The van der Waals surface area contributed by atoms with Gasteiger partial charge in [-0.3, -0.25) is 9.78 Å². The number of benzene rings is 2. The molecule has 2 atom stereocenters. The van der Waals surface area contributed by atoms with Gasteiger partial charge in [-0.1, -0.05) is 12.1 Å². The van der Waals surface area contributed by atoms with Gasteiger partial charge in [0, 0.05) is 11.6 Å². The van der Waals surface area contributed by atoms with E-state index in [0.29, 0.717) is 5.56 Å². The maximum Gasteiger partial charge on any atom is 0.586 e. The van der Waals surface area contributed by atoms with Crippen LogP contribution in [0.15, 0.2) is 48.7 Å². The van der Waals surface area contributed by atoms with Crippen molar-refractivity contribution in [1.82, 2.24) is 4.98 Å². The minimum absolute atomic E-state index is 0.0525. The first-order chi connectivity index (χ1) is 12.9. The summed E-state index contributed by atoms with van der Waals surface area (Å²) >= 11 is 0. The number of rotatable bonds is 3. The predicted octanol–water partition coefficient (Wildman–Crippen LogP) is 3.93. The van der Waals surface area contributed by atoms with Crippen LogP contribution in [0.4, 0.5) is 8.78 Å². The van der Waals surface area contributed by atoms with Gasteiger partial charge in [0.25, 0.3) is 0 Å². The summed E-state index contributed by atoms with van der Waals surface area (Å²) in [5, 5.41) is 0.847. The minimum atomic E-state index is -3.60. The number of carbonyl (C=O) groups excluding carboxylic acids is 1. The third-order valence-electron chi connectivity index (χ3n) is 5.06. The van der Waals surface area contributed by atoms with E-state index in [1.807, 2.05) is 18.2 Å². The van der Waals surface area contributed by atoms with Crippen molar-refractivity contribution in [2.24, 2.45) is 5.73 Å². The molecule has 1 fully saturated rings. The maximum absolute atomic E-state index is 13.2. The second-order valence-corrected chi connectivity index (χ2v) is 6.86. The second kappa shape index (κ2) is 5.39. The molecule has 1 amide bonds. The van der Waals surface area contributed by atoms with Crippen LogP contribution in [0, 0.1) is 0 Å². The van der Waals surface area contributed by atoms with Gasteiger partial charge >= 0.3 is 6.29 Å². The molecule has 2 aromatic carbocycles. The molecular formula is C20H14F2N2O3. The van der Waals surface area contributed by atoms with Crippen molar-refractivity contribution in [2.75, 3.05) is 0 Å². The lowest BCUT2D eigenvalue weighted by molar-refractivity contribution is -0.286. The average molecular weight is 368 g/mol. The van der Waals surface area contributed by atoms with Crippen molar-refractivity contribution in [3.63, 3.8) is 0 Å². The molecule has 1 aliphatic heterocycles. The van der Waals surface area contributed by atoms with Crippen LogP contribution in [0.3, 0.4) is 0 Å². The van der Waals surface area contributed by atoms with Crippen LogP contribution in [-0.4, -0.2) is 17.2 Å². The molecule has 2 aliphatic rings. The largest absolute Gasteiger partial charge is 0.586 e. The first kappa shape index (κ1) is 16.0. The normalized spacial score (nSPS) is 22.0. The fourth-order valence-corrected chi connectivity index (χ4v) is 3.64. The van der Waals surface area contributed by atoms with Crippen LogP contribution >= 0.6 is 0 Å². The quantitative estimate of drug-likeness (QED) is 0.760. The van der Waals surface area contributed by atoms with E-state index in [2.05, 4.69) is 14.5 Å². The summed E-state index contributed by atoms with van der Waals surface area (Å²) in [6.45, 7) is 0. The maximum atomic E-state index is 13.2. The van der Waals surface area contributed by atoms with E-state index < -0.39 is 12.2 Å². The Hall–Kier alpha value is -3.22. The van der Waals surface area contributed by atoms with Crippen molar-refractivity contribution in [3.05, 3.63) is 65.4 Å². The lowest BCUT2D eigenvalue weighted by Crippen LogP contribution is -2.25. The summed E-state index contributed by atoms with van der Waals surface area (Å²) in [5.41, 5.74) is 8.51. The van der Waals surface area contributed by atoms with Gasteiger partial charge in [0.2, 0.25) is 5.91 Å². The summed E-state index contributed by atoms with van der Waals surface area (Å²) in [6, 6.07) is 12.6. The summed E-state index contributed by atoms with van der Waals surface area (Å²) in [7, 11) is 0. The number of carbonyl (C=O) groups is 1. The van der Waals surface area contributed by atoms with E-state index in [-0.39, 0.29) is 23.3 Å². The molecule has 2 heterocycles. The number of alkyl halides is 2. The monoisotopic (exact) mass is 368 g/mol. The number of aromatic nitrogens is 1. The third-order valence-corrected chi connectivity index (χ3v) is 5.06. The number of amides is 1. The number of hydrogen-bond donors (Lipinski definition) is 1. The van der Waals surface area contributed by atoms with Gasteiger partial charge in [0.15, 0.2) is 11.5 Å². The van der Waals surface area contributed by atoms with Crippen molar-refractivity contribution < 1.29 is 23.0 Å². The van der Waals surface area contributed by atoms with Crippen LogP contribution in [0.1, 0.15) is 39.7 Å². The topological polar surface area (TPSA) is 74.4 Å². The van der Waals surface area contributed by atoms with Gasteiger partial charge in [-0.25, -0.2) is 0 Å². The van der Waals surface area contributed by atoms with Crippen molar-refractivity contribution in [3.8, 4) is 11.5 Å². The first-order valence-corrected chi connectivity index (χ1v) is 8.49. The Morgan fingerprint density at radius 2 is 1.74 bits per heavy atom. The van der Waals surface area contributed by atoms with E-state index in [1.54, 1.807) is 18.2 Å². The fourth-order valence-electron chi connectivity index (χ4n) is 3.64. The third kappa shape index (κ3) is 2.75. The lowest BCUT2D eigenvalue weighted by atomic mass is 10.0. The van der Waals surface area contributed by atoms with Crippen LogP contribution in [0.5, 0.6) is 11.5 Å². The highest BCUT2D eigenvalue weighted by atomic mass is 19.3. The standard InChI is InChI=1S/C20H14F2N2O3/c21-20(22)26-17-4-2-11(7-18(17)27-20)15-8-14(15)10-1-3-16-12(5-10)6-13(9-24-16)19(23)25/h1-7,9,14-15H,8H2,(H2,23,25). The molecule has 1 aromatic heterocycles. The highest BCUT2D eigenvalue weighted by molar-refractivity contribution is 5.96. The number of ether oxygens (including phenoxy) is 2. The van der Waals surface area contributed by atoms with Crippen LogP contribution < -0.4 is 15.2 Å². The number of halogens is 2. The van der Waals surface area contributed by atoms with E-state index in [4.69, 9.17) is 5.73 Å². The zero-order valence-corrected chi connectivity index (χ0v) is 14.0. The summed E-state index contributed by atoms with van der Waals surface area (Å²) < 4.78 is 35.3. The van der Waals surface area contributed by atoms with E-state index in [9.17, 15) is 13.6 Å². The Bertz CT molecular complexity index is 1100. The second-order valence-electron chi connectivity index (χ2n) is 6.86. The van der Waals surface area contributed by atoms with Gasteiger partial charge in [0.05, 0.1) is 11.1 Å². The highest BCUT2D eigenvalue weighted by Crippen LogP contribution is 2.56.